The minimum absolute atomic E-state index is 0. The number of hydrogen-bond donors (Lipinski definition) is 3. The molecule has 1 aromatic rings. The van der Waals surface area contributed by atoms with Crippen molar-refractivity contribution in [1.82, 2.24) is 21.0 Å². The Hall–Kier alpha value is -0.626. The van der Waals surface area contributed by atoms with Gasteiger partial charge in [-0.25, -0.2) is 4.79 Å². The molecule has 8 nitrogen and oxygen atoms in total. The van der Waals surface area contributed by atoms with E-state index in [0.717, 1.165) is 25.9 Å². The molecule has 3 N–H and O–H groups in total. The van der Waals surface area contributed by atoms with Gasteiger partial charge < -0.3 is 4.90 Å². The van der Waals surface area contributed by atoms with E-state index in [-0.39, 0.29) is 44.8 Å². The first kappa shape index (κ1) is 22.4. The second-order valence-electron chi connectivity index (χ2n) is 4.41. The number of amides is 3. The topological polar surface area (TPSA) is 94.1 Å². The molecule has 0 saturated carbocycles. The van der Waals surface area contributed by atoms with Gasteiger partial charge in [0.1, 0.15) is 0 Å². The number of benzene rings is 1. The van der Waals surface area contributed by atoms with Gasteiger partial charge in [0, 0.05) is 55.3 Å². The van der Waals surface area contributed by atoms with Crippen LogP contribution >= 0.6 is 9.47 Å². The van der Waals surface area contributed by atoms with Crippen LogP contribution in [0.3, 0.4) is 0 Å². The van der Waals surface area contributed by atoms with E-state index in [1.54, 1.807) is 5.43 Å². The summed E-state index contributed by atoms with van der Waals surface area (Å²) in [5.41, 5.74) is 3.14. The predicted molar refractivity (Wildman–Crippen MR) is 82.0 cm³/mol. The Morgan fingerprint density at radius 3 is 2.43 bits per heavy atom. The second-order valence-corrected chi connectivity index (χ2v) is 4.62. The number of carbonyl (C=O) groups excluding carboxylic acids is 2. The summed E-state index contributed by atoms with van der Waals surface area (Å²) in [7, 11) is 2.12. The van der Waals surface area contributed by atoms with E-state index in [4.69, 9.17) is 14.6 Å². The van der Waals surface area contributed by atoms with Crippen LogP contribution in [0.25, 0.3) is 0 Å². The average molecular weight is 416 g/mol. The van der Waals surface area contributed by atoms with Gasteiger partial charge in [0.15, 0.2) is 0 Å². The van der Waals surface area contributed by atoms with E-state index in [2.05, 4.69) is 15.5 Å². The van der Waals surface area contributed by atoms with Crippen molar-refractivity contribution in [2.45, 2.75) is 18.9 Å². The molecule has 2 bridgehead atoms. The van der Waals surface area contributed by atoms with Crippen molar-refractivity contribution in [3.63, 3.8) is 0 Å². The maximum absolute atomic E-state index is 11.3. The molecule has 2 saturated heterocycles. The molecule has 10 heteroatoms. The minimum atomic E-state index is 0. The molecule has 2 fully saturated rings. The number of nitrogens with one attached hydrogen (secondary N) is 2. The zero-order chi connectivity index (χ0) is 16.2. The second kappa shape index (κ2) is 13.8. The van der Waals surface area contributed by atoms with Crippen molar-refractivity contribution in [2.24, 2.45) is 0 Å². The summed E-state index contributed by atoms with van der Waals surface area (Å²) in [5, 5.41) is 8.93. The Labute approximate surface area is 163 Å². The van der Waals surface area contributed by atoms with Crippen LogP contribution in [0.2, 0.25) is 0 Å². The number of fused-ring (bicyclic) bond motifs is 2. The molecule has 0 aliphatic carbocycles. The molecule has 1 unspecified atom stereocenters. The van der Waals surface area contributed by atoms with Crippen LogP contribution in [0, 0.1) is 6.07 Å². The summed E-state index contributed by atoms with van der Waals surface area (Å²) in [6.07, 6.45) is 2.48. The van der Waals surface area contributed by atoms with E-state index >= 15 is 0 Å². The summed E-state index contributed by atoms with van der Waals surface area (Å²) in [4.78, 5) is 22.2. The minimum Gasteiger partial charge on any atom is -0.321 e. The molecule has 3 amide bonds. The van der Waals surface area contributed by atoms with Gasteiger partial charge in [-0.2, -0.15) is 41.5 Å². The normalized spacial score (nSPS) is 17.8. The number of nitrogens with zero attached hydrogens (tertiary/aromatic N) is 2. The van der Waals surface area contributed by atoms with Crippen LogP contribution in [-0.4, -0.2) is 46.7 Å². The molecule has 2 heterocycles. The Balaban J connectivity index is 0.000000347. The van der Waals surface area contributed by atoms with E-state index in [1.165, 1.54) is 10.7 Å². The van der Waals surface area contributed by atoms with E-state index < -0.39 is 0 Å². The SMILES string of the molecule is O=C1N2CCC[C@H](C2)N1OP.O=CNNO.[Y].[c-]1ccccc1. The smallest absolute Gasteiger partial charge is 0.321 e. The zero-order valence-corrected chi connectivity index (χ0v) is 16.6. The van der Waals surface area contributed by atoms with Gasteiger partial charge in [-0.3, -0.25) is 20.1 Å². The quantitative estimate of drug-likeness (QED) is 0.292. The molecule has 1 aromatic carbocycles. The molecular weight excluding hydrogens is 396 g/mol. The molecule has 2 aliphatic heterocycles. The van der Waals surface area contributed by atoms with Gasteiger partial charge in [-0.1, -0.05) is 0 Å². The largest absolute Gasteiger partial charge is 0.344 e. The van der Waals surface area contributed by atoms with Crippen molar-refractivity contribution in [3.05, 3.63) is 36.4 Å². The Kier molecular flexibility index (Phi) is 13.4. The van der Waals surface area contributed by atoms with Crippen molar-refractivity contribution < 1.29 is 52.1 Å². The molecule has 2 aliphatic rings. The molecular formula is C13H20N4O4PY-. The molecule has 1 radical (unpaired) electrons. The molecule has 3 rings (SSSR count). The van der Waals surface area contributed by atoms with Crippen molar-refractivity contribution in [3.8, 4) is 0 Å². The number of rotatable bonds is 3. The number of piperidine rings is 1. The van der Waals surface area contributed by atoms with Crippen LogP contribution in [0.1, 0.15) is 12.8 Å². The average Bonchev–Trinajstić information content (AvgIpc) is 2.80. The van der Waals surface area contributed by atoms with E-state index in [0.29, 0.717) is 6.41 Å². The van der Waals surface area contributed by atoms with Crippen LogP contribution in [0.15, 0.2) is 30.3 Å². The maximum Gasteiger partial charge on any atom is 0.344 e. The summed E-state index contributed by atoms with van der Waals surface area (Å²) in [5.74, 6) is 0. The van der Waals surface area contributed by atoms with Gasteiger partial charge >= 0.3 is 6.03 Å². The van der Waals surface area contributed by atoms with Crippen LogP contribution in [-0.2, 0) is 42.1 Å². The fourth-order valence-electron chi connectivity index (χ4n) is 2.11. The maximum atomic E-state index is 11.3. The number of urea groups is 1. The van der Waals surface area contributed by atoms with Crippen molar-refractivity contribution in [1.29, 1.82) is 0 Å². The predicted octanol–water partition coefficient (Wildman–Crippen LogP) is 0.719. The third kappa shape index (κ3) is 8.15. The monoisotopic (exact) mass is 416 g/mol. The Morgan fingerprint density at radius 1 is 1.39 bits per heavy atom. The summed E-state index contributed by atoms with van der Waals surface area (Å²) in [6, 6.07) is 12.8. The number of hydrazine groups is 1. The van der Waals surface area contributed by atoms with Crippen LogP contribution in [0.5, 0.6) is 0 Å². The molecule has 23 heavy (non-hydrogen) atoms. The summed E-state index contributed by atoms with van der Waals surface area (Å²) < 4.78 is 4.90. The summed E-state index contributed by atoms with van der Waals surface area (Å²) in [6.45, 7) is 1.73. The number of hydrogen-bond acceptors (Lipinski definition) is 5. The number of hydroxylamine groups is 2. The molecule has 0 spiro atoms. The third-order valence-electron chi connectivity index (χ3n) is 3.03. The van der Waals surface area contributed by atoms with Gasteiger partial charge in [-0.05, 0) is 12.8 Å². The number of carbonyl (C=O) groups is 2. The third-order valence-corrected chi connectivity index (χ3v) is 3.26. The standard InChI is InChI=1S/C6H11N2O2P.C6H5.CH4N2O2.Y/c9-6-7-3-1-2-5(4-7)8(6)10-11;1-2-4-6-5-3-1;4-1-2-3-5;/h5H,1-4,11H2;1-5H;1,3,5H,(H,2,4);/q;-1;;/t5-;;;/m1.../s1. The summed E-state index contributed by atoms with van der Waals surface area (Å²) >= 11 is 0. The molecule has 2 atom stereocenters. The van der Waals surface area contributed by atoms with Crippen molar-refractivity contribution >= 4 is 21.9 Å². The van der Waals surface area contributed by atoms with Crippen LogP contribution < -0.4 is 11.0 Å². The van der Waals surface area contributed by atoms with Gasteiger partial charge in [0.2, 0.25) is 6.41 Å². The first-order valence-electron chi connectivity index (χ1n) is 6.69. The Morgan fingerprint density at radius 2 is 2.09 bits per heavy atom. The fourth-order valence-corrected chi connectivity index (χ4v) is 2.38. The first-order chi connectivity index (χ1) is 10.7. The van der Waals surface area contributed by atoms with E-state index in [1.807, 2.05) is 35.2 Å². The van der Waals surface area contributed by atoms with Crippen molar-refractivity contribution in [2.75, 3.05) is 13.1 Å². The molecule has 0 aromatic heterocycles. The van der Waals surface area contributed by atoms with Gasteiger partial charge in [0.05, 0.1) is 6.04 Å². The fraction of sp³-hybridized carbons (Fsp3) is 0.385. The molecule has 125 valence electrons. The van der Waals surface area contributed by atoms with E-state index in [9.17, 15) is 4.79 Å². The van der Waals surface area contributed by atoms with Gasteiger partial charge in [-0.15, -0.1) is 5.59 Å². The Bertz CT molecular complexity index is 417. The first-order valence-corrected chi connectivity index (χ1v) is 7.16. The zero-order valence-electron chi connectivity index (χ0n) is 12.6. The van der Waals surface area contributed by atoms with Gasteiger partial charge in [0.25, 0.3) is 0 Å². The van der Waals surface area contributed by atoms with Crippen LogP contribution in [0.4, 0.5) is 4.79 Å².